The SMILES string of the molecule is Cc1ccc(CN2CC3c4cc(-c5cnn(C)c5)ccc4S(=O)(=O)C3C2)s1. The summed E-state index contributed by atoms with van der Waals surface area (Å²) in [6.45, 7) is 4.34. The third-order valence-corrected chi connectivity index (χ3v) is 8.91. The van der Waals surface area contributed by atoms with Crippen molar-refractivity contribution >= 4 is 21.2 Å². The molecule has 4 heterocycles. The molecule has 2 unspecified atom stereocenters. The van der Waals surface area contributed by atoms with Crippen molar-refractivity contribution in [2.45, 2.75) is 29.5 Å². The molecule has 3 aromatic rings. The highest BCUT2D eigenvalue weighted by molar-refractivity contribution is 7.92. The number of hydrogen-bond acceptors (Lipinski definition) is 5. The summed E-state index contributed by atoms with van der Waals surface area (Å²) in [5, 5.41) is 3.91. The lowest BCUT2D eigenvalue weighted by molar-refractivity contribution is 0.328. The molecule has 0 amide bonds. The van der Waals surface area contributed by atoms with Crippen LogP contribution >= 0.6 is 11.3 Å². The Morgan fingerprint density at radius 1 is 1.19 bits per heavy atom. The van der Waals surface area contributed by atoms with Crippen LogP contribution in [0.5, 0.6) is 0 Å². The summed E-state index contributed by atoms with van der Waals surface area (Å²) < 4.78 is 27.9. The van der Waals surface area contributed by atoms with E-state index >= 15 is 0 Å². The van der Waals surface area contributed by atoms with Crippen LogP contribution in [-0.2, 0) is 23.4 Å². The number of aryl methyl sites for hydroxylation is 2. The standard InChI is InChI=1S/C20H21N3O2S2/c1-13-3-5-16(26-13)10-23-11-18-17-7-14(15-8-21-22(2)9-15)4-6-19(17)27(24,25)20(18)12-23/h3-9,18,20H,10-12H2,1-2H3. The fraction of sp³-hybridized carbons (Fsp3) is 0.350. The predicted octanol–water partition coefficient (Wildman–Crippen LogP) is 3.21. The van der Waals surface area contributed by atoms with Gasteiger partial charge in [-0.1, -0.05) is 6.07 Å². The molecule has 2 aromatic heterocycles. The van der Waals surface area contributed by atoms with Crippen molar-refractivity contribution in [2.75, 3.05) is 13.1 Å². The van der Waals surface area contributed by atoms with Gasteiger partial charge in [-0.3, -0.25) is 9.58 Å². The Bertz CT molecular complexity index is 1130. The number of nitrogens with zero attached hydrogens (tertiary/aromatic N) is 3. The zero-order chi connectivity index (χ0) is 18.8. The average molecular weight is 400 g/mol. The van der Waals surface area contributed by atoms with Crippen LogP contribution in [0.25, 0.3) is 11.1 Å². The summed E-state index contributed by atoms with van der Waals surface area (Å²) in [5.74, 6) is 0.0580. The first-order valence-electron chi connectivity index (χ1n) is 9.06. The lowest BCUT2D eigenvalue weighted by atomic mass is 9.95. The van der Waals surface area contributed by atoms with Crippen LogP contribution in [0.4, 0.5) is 0 Å². The molecule has 1 aromatic carbocycles. The maximum atomic E-state index is 13.1. The number of hydrogen-bond donors (Lipinski definition) is 0. The van der Waals surface area contributed by atoms with Gasteiger partial charge >= 0.3 is 0 Å². The summed E-state index contributed by atoms with van der Waals surface area (Å²) in [6.07, 6.45) is 3.78. The van der Waals surface area contributed by atoms with Crippen LogP contribution in [0.2, 0.25) is 0 Å². The predicted molar refractivity (Wildman–Crippen MR) is 107 cm³/mol. The maximum absolute atomic E-state index is 13.1. The molecule has 140 valence electrons. The number of rotatable bonds is 3. The molecule has 0 saturated carbocycles. The second-order valence-electron chi connectivity index (χ2n) is 7.55. The van der Waals surface area contributed by atoms with E-state index in [2.05, 4.69) is 35.1 Å². The molecule has 5 nitrogen and oxygen atoms in total. The largest absolute Gasteiger partial charge is 0.296 e. The average Bonchev–Trinajstić information content (AvgIpc) is 3.37. The summed E-state index contributed by atoms with van der Waals surface area (Å²) in [7, 11) is -1.37. The number of sulfone groups is 1. The first-order valence-corrected chi connectivity index (χ1v) is 11.4. The zero-order valence-corrected chi connectivity index (χ0v) is 16.9. The minimum Gasteiger partial charge on any atom is -0.296 e. The van der Waals surface area contributed by atoms with Gasteiger partial charge in [0.2, 0.25) is 0 Å². The van der Waals surface area contributed by atoms with Crippen molar-refractivity contribution in [3.05, 3.63) is 58.0 Å². The van der Waals surface area contributed by atoms with E-state index in [0.29, 0.717) is 11.4 Å². The van der Waals surface area contributed by atoms with E-state index in [1.165, 1.54) is 9.75 Å². The lowest BCUT2D eigenvalue weighted by Gasteiger charge is -2.16. The first-order chi connectivity index (χ1) is 12.9. The molecular weight excluding hydrogens is 378 g/mol. The highest BCUT2D eigenvalue weighted by Crippen LogP contribution is 2.46. The Labute approximate surface area is 163 Å². The molecular formula is C20H21N3O2S2. The van der Waals surface area contributed by atoms with Gasteiger partial charge in [0.05, 0.1) is 16.3 Å². The lowest BCUT2D eigenvalue weighted by Crippen LogP contribution is -2.25. The van der Waals surface area contributed by atoms with Crippen molar-refractivity contribution in [2.24, 2.45) is 7.05 Å². The molecule has 0 bridgehead atoms. The second-order valence-corrected chi connectivity index (χ2v) is 11.1. The van der Waals surface area contributed by atoms with E-state index in [0.717, 1.165) is 29.8 Å². The second kappa shape index (κ2) is 6.02. The minimum absolute atomic E-state index is 0.0580. The summed E-state index contributed by atoms with van der Waals surface area (Å²) in [5.41, 5.74) is 3.03. The smallest absolute Gasteiger partial charge is 0.183 e. The number of aromatic nitrogens is 2. The molecule has 1 saturated heterocycles. The van der Waals surface area contributed by atoms with E-state index < -0.39 is 9.84 Å². The molecule has 7 heteroatoms. The van der Waals surface area contributed by atoms with Gasteiger partial charge in [-0.05, 0) is 42.3 Å². The normalized spacial score (nSPS) is 23.5. The molecule has 0 spiro atoms. The molecule has 0 aliphatic carbocycles. The molecule has 2 atom stereocenters. The van der Waals surface area contributed by atoms with Crippen molar-refractivity contribution in [3.63, 3.8) is 0 Å². The molecule has 2 aliphatic rings. The Hall–Kier alpha value is -1.96. The topological polar surface area (TPSA) is 55.2 Å². The Morgan fingerprint density at radius 2 is 2.04 bits per heavy atom. The Morgan fingerprint density at radius 3 is 2.74 bits per heavy atom. The fourth-order valence-corrected chi connectivity index (χ4v) is 7.52. The molecule has 0 radical (unpaired) electrons. The number of benzene rings is 1. The maximum Gasteiger partial charge on any atom is 0.183 e. The summed E-state index contributed by atoms with van der Waals surface area (Å²) >= 11 is 1.79. The van der Waals surface area contributed by atoms with E-state index in [-0.39, 0.29) is 11.2 Å². The summed E-state index contributed by atoms with van der Waals surface area (Å²) in [4.78, 5) is 5.41. The van der Waals surface area contributed by atoms with Crippen molar-refractivity contribution in [3.8, 4) is 11.1 Å². The van der Waals surface area contributed by atoms with Gasteiger partial charge < -0.3 is 0 Å². The van der Waals surface area contributed by atoms with Gasteiger partial charge in [-0.25, -0.2) is 8.42 Å². The first kappa shape index (κ1) is 17.2. The third-order valence-electron chi connectivity index (χ3n) is 5.67. The van der Waals surface area contributed by atoms with Crippen molar-refractivity contribution < 1.29 is 8.42 Å². The monoisotopic (exact) mass is 399 g/mol. The van der Waals surface area contributed by atoms with Crippen LogP contribution < -0.4 is 0 Å². The zero-order valence-electron chi connectivity index (χ0n) is 15.3. The van der Waals surface area contributed by atoms with E-state index in [1.807, 2.05) is 25.5 Å². The molecule has 1 fully saturated rings. The highest BCUT2D eigenvalue weighted by atomic mass is 32.2. The van der Waals surface area contributed by atoms with Gasteiger partial charge in [0.1, 0.15) is 0 Å². The third kappa shape index (κ3) is 2.76. The quantitative estimate of drug-likeness (QED) is 0.679. The van der Waals surface area contributed by atoms with Gasteiger partial charge in [-0.15, -0.1) is 11.3 Å². The molecule has 2 aliphatic heterocycles. The number of fused-ring (bicyclic) bond motifs is 3. The van der Waals surface area contributed by atoms with E-state index in [9.17, 15) is 8.42 Å². The van der Waals surface area contributed by atoms with Crippen molar-refractivity contribution in [1.82, 2.24) is 14.7 Å². The minimum atomic E-state index is -3.26. The van der Waals surface area contributed by atoms with Gasteiger partial charge in [0, 0.05) is 54.1 Å². The van der Waals surface area contributed by atoms with Crippen LogP contribution in [0, 0.1) is 6.92 Å². The van der Waals surface area contributed by atoms with E-state index in [1.54, 1.807) is 22.1 Å². The molecule has 27 heavy (non-hydrogen) atoms. The van der Waals surface area contributed by atoms with Crippen molar-refractivity contribution in [1.29, 1.82) is 0 Å². The Kier molecular flexibility index (Phi) is 3.83. The molecule has 0 N–H and O–H groups in total. The number of likely N-dealkylation sites (tertiary alicyclic amines) is 1. The van der Waals surface area contributed by atoms with Crippen LogP contribution in [0.15, 0.2) is 47.6 Å². The van der Waals surface area contributed by atoms with Gasteiger partial charge in [-0.2, -0.15) is 5.10 Å². The van der Waals surface area contributed by atoms with Gasteiger partial charge in [0.25, 0.3) is 0 Å². The van der Waals surface area contributed by atoms with E-state index in [4.69, 9.17) is 0 Å². The summed E-state index contributed by atoms with van der Waals surface area (Å²) in [6, 6.07) is 10.0. The number of thiophene rings is 1. The van der Waals surface area contributed by atoms with Crippen LogP contribution in [0.1, 0.15) is 21.2 Å². The van der Waals surface area contributed by atoms with Crippen LogP contribution in [0.3, 0.4) is 0 Å². The fourth-order valence-electron chi connectivity index (χ4n) is 4.39. The van der Waals surface area contributed by atoms with Gasteiger partial charge in [0.15, 0.2) is 9.84 Å². The van der Waals surface area contributed by atoms with Crippen LogP contribution in [-0.4, -0.2) is 41.4 Å². The molecule has 5 rings (SSSR count). The Balaban J connectivity index is 1.48. The highest BCUT2D eigenvalue weighted by Gasteiger charge is 2.50.